The van der Waals surface area contributed by atoms with E-state index >= 15 is 0 Å². The predicted octanol–water partition coefficient (Wildman–Crippen LogP) is 3.90. The number of carbonyl (C=O) groups is 1. The van der Waals surface area contributed by atoms with Gasteiger partial charge in [0.15, 0.2) is 5.78 Å². The van der Waals surface area contributed by atoms with Crippen LogP contribution in [0.15, 0.2) is 22.8 Å². The minimum absolute atomic E-state index is 0.387. The first-order valence-electron chi connectivity index (χ1n) is 6.41. The number of carbonyl (C=O) groups excluding carboxylic acids is 1. The molecule has 2 rings (SSSR count). The molecule has 2 aliphatic rings. The van der Waals surface area contributed by atoms with Gasteiger partial charge in [-0.05, 0) is 44.1 Å². The Labute approximate surface area is 98.6 Å². The first-order valence-corrected chi connectivity index (χ1v) is 6.41. The van der Waals surface area contributed by atoms with Gasteiger partial charge in [0.05, 0.1) is 0 Å². The molecule has 0 heterocycles. The Morgan fingerprint density at radius 2 is 1.94 bits per heavy atom. The molecule has 0 aromatic rings. The van der Waals surface area contributed by atoms with Crippen LogP contribution in [0.3, 0.4) is 0 Å². The predicted molar refractivity (Wildman–Crippen MR) is 67.1 cm³/mol. The van der Waals surface area contributed by atoms with E-state index in [1.165, 1.54) is 11.1 Å². The van der Waals surface area contributed by atoms with Crippen LogP contribution < -0.4 is 0 Å². The number of Topliss-reactive ketones (excluding diaryl/α,β-unsaturated/α-hetero) is 1. The highest BCUT2D eigenvalue weighted by atomic mass is 16.1. The van der Waals surface area contributed by atoms with E-state index in [4.69, 9.17) is 0 Å². The van der Waals surface area contributed by atoms with Crippen LogP contribution in [0, 0.1) is 17.8 Å². The summed E-state index contributed by atoms with van der Waals surface area (Å²) in [5.74, 6) is 2.06. The first-order chi connectivity index (χ1) is 7.50. The van der Waals surface area contributed by atoms with E-state index in [1.54, 1.807) is 0 Å². The van der Waals surface area contributed by atoms with Crippen molar-refractivity contribution < 1.29 is 4.79 Å². The number of ketones is 1. The molecule has 1 nitrogen and oxygen atoms in total. The van der Waals surface area contributed by atoms with Gasteiger partial charge in [-0.15, -0.1) is 0 Å². The molecule has 0 fully saturated rings. The Morgan fingerprint density at radius 3 is 2.56 bits per heavy atom. The van der Waals surface area contributed by atoms with Crippen molar-refractivity contribution in [2.45, 2.75) is 47.0 Å². The second-order valence-corrected chi connectivity index (χ2v) is 5.72. The van der Waals surface area contributed by atoms with Crippen LogP contribution in [0.25, 0.3) is 0 Å². The minimum Gasteiger partial charge on any atom is -0.295 e. The lowest BCUT2D eigenvalue weighted by molar-refractivity contribution is -0.117. The fraction of sp³-hybridized carbons (Fsp3) is 0.667. The third kappa shape index (κ3) is 1.88. The van der Waals surface area contributed by atoms with E-state index in [1.807, 2.05) is 6.92 Å². The molecular weight excluding hydrogens is 196 g/mol. The number of hydrogen-bond acceptors (Lipinski definition) is 1. The number of allylic oxidation sites excluding steroid dienone is 4. The maximum atomic E-state index is 12.0. The topological polar surface area (TPSA) is 17.1 Å². The van der Waals surface area contributed by atoms with E-state index in [2.05, 4.69) is 26.8 Å². The zero-order chi connectivity index (χ0) is 11.9. The fourth-order valence-corrected chi connectivity index (χ4v) is 3.13. The van der Waals surface area contributed by atoms with Gasteiger partial charge in [0.25, 0.3) is 0 Å². The summed E-state index contributed by atoms with van der Waals surface area (Å²) in [6.07, 6.45) is 5.41. The summed E-state index contributed by atoms with van der Waals surface area (Å²) in [6.45, 7) is 8.73. The van der Waals surface area contributed by atoms with Gasteiger partial charge < -0.3 is 0 Å². The Kier molecular flexibility index (Phi) is 3.05. The highest BCUT2D eigenvalue weighted by Gasteiger charge is 2.35. The molecule has 0 saturated carbocycles. The standard InChI is InChI=1S/C15H22O/c1-9(2)13-8-15(16)11(4)12-6-5-10(3)7-14(12)13/h7,9,13-14H,5-6,8H2,1-4H3. The average molecular weight is 218 g/mol. The van der Waals surface area contributed by atoms with Crippen LogP contribution in [-0.2, 0) is 4.79 Å². The van der Waals surface area contributed by atoms with Crippen molar-refractivity contribution in [2.75, 3.05) is 0 Å². The van der Waals surface area contributed by atoms with Crippen LogP contribution >= 0.6 is 0 Å². The summed E-state index contributed by atoms with van der Waals surface area (Å²) >= 11 is 0. The number of fused-ring (bicyclic) bond motifs is 1. The van der Waals surface area contributed by atoms with Crippen LogP contribution in [0.5, 0.6) is 0 Å². The molecule has 1 heteroatoms. The summed E-state index contributed by atoms with van der Waals surface area (Å²) in [4.78, 5) is 12.0. The molecule has 0 aromatic heterocycles. The Hall–Kier alpha value is -0.850. The molecule has 0 radical (unpaired) electrons. The third-order valence-corrected chi connectivity index (χ3v) is 4.29. The summed E-state index contributed by atoms with van der Waals surface area (Å²) < 4.78 is 0. The molecule has 2 unspecified atom stereocenters. The largest absolute Gasteiger partial charge is 0.295 e. The van der Waals surface area contributed by atoms with Gasteiger partial charge in [-0.3, -0.25) is 4.79 Å². The normalized spacial score (nSPS) is 30.6. The molecule has 0 aromatic carbocycles. The van der Waals surface area contributed by atoms with Crippen molar-refractivity contribution in [1.82, 2.24) is 0 Å². The summed E-state index contributed by atoms with van der Waals surface area (Å²) in [5, 5.41) is 0. The monoisotopic (exact) mass is 218 g/mol. The Morgan fingerprint density at radius 1 is 1.25 bits per heavy atom. The van der Waals surface area contributed by atoms with Crippen molar-refractivity contribution in [3.63, 3.8) is 0 Å². The van der Waals surface area contributed by atoms with Crippen LogP contribution in [-0.4, -0.2) is 5.78 Å². The Bertz CT molecular complexity index is 371. The van der Waals surface area contributed by atoms with E-state index in [-0.39, 0.29) is 0 Å². The Balaban J connectivity index is 2.42. The zero-order valence-electron chi connectivity index (χ0n) is 10.8. The third-order valence-electron chi connectivity index (χ3n) is 4.29. The lowest BCUT2D eigenvalue weighted by atomic mass is 9.66. The van der Waals surface area contributed by atoms with Crippen molar-refractivity contribution in [1.29, 1.82) is 0 Å². The van der Waals surface area contributed by atoms with E-state index in [0.29, 0.717) is 23.5 Å². The van der Waals surface area contributed by atoms with Crippen LogP contribution in [0.1, 0.15) is 47.0 Å². The highest BCUT2D eigenvalue weighted by molar-refractivity contribution is 5.97. The molecule has 2 atom stereocenters. The molecule has 0 amide bonds. The molecule has 0 N–H and O–H groups in total. The maximum Gasteiger partial charge on any atom is 0.158 e. The quantitative estimate of drug-likeness (QED) is 0.610. The molecule has 88 valence electrons. The van der Waals surface area contributed by atoms with Gasteiger partial charge in [-0.25, -0.2) is 0 Å². The molecule has 0 saturated heterocycles. The highest BCUT2D eigenvalue weighted by Crippen LogP contribution is 2.43. The van der Waals surface area contributed by atoms with Gasteiger partial charge >= 0.3 is 0 Å². The van der Waals surface area contributed by atoms with Gasteiger partial charge in [-0.2, -0.15) is 0 Å². The van der Waals surface area contributed by atoms with E-state index in [0.717, 1.165) is 24.8 Å². The van der Waals surface area contributed by atoms with Gasteiger partial charge in [-0.1, -0.05) is 31.1 Å². The molecular formula is C15H22O. The first kappa shape index (κ1) is 11.6. The molecule has 0 spiro atoms. The van der Waals surface area contributed by atoms with Crippen molar-refractivity contribution in [3.8, 4) is 0 Å². The van der Waals surface area contributed by atoms with Gasteiger partial charge in [0.2, 0.25) is 0 Å². The summed E-state index contributed by atoms with van der Waals surface area (Å²) in [7, 11) is 0. The maximum absolute atomic E-state index is 12.0. The second kappa shape index (κ2) is 4.20. The minimum atomic E-state index is 0.387. The number of rotatable bonds is 1. The van der Waals surface area contributed by atoms with Crippen molar-refractivity contribution in [3.05, 3.63) is 22.8 Å². The lowest BCUT2D eigenvalue weighted by Gasteiger charge is -2.37. The molecule has 0 bridgehead atoms. The lowest BCUT2D eigenvalue weighted by Crippen LogP contribution is -2.31. The fourth-order valence-electron chi connectivity index (χ4n) is 3.13. The number of hydrogen-bond donors (Lipinski definition) is 0. The summed E-state index contributed by atoms with van der Waals surface area (Å²) in [6, 6.07) is 0. The molecule has 16 heavy (non-hydrogen) atoms. The van der Waals surface area contributed by atoms with Crippen molar-refractivity contribution >= 4 is 5.78 Å². The second-order valence-electron chi connectivity index (χ2n) is 5.72. The van der Waals surface area contributed by atoms with Gasteiger partial charge in [0, 0.05) is 12.3 Å². The smallest absolute Gasteiger partial charge is 0.158 e. The van der Waals surface area contributed by atoms with Crippen molar-refractivity contribution in [2.24, 2.45) is 17.8 Å². The summed E-state index contributed by atoms with van der Waals surface area (Å²) in [5.41, 5.74) is 3.99. The molecule has 0 aliphatic heterocycles. The zero-order valence-corrected chi connectivity index (χ0v) is 10.8. The van der Waals surface area contributed by atoms with Crippen LogP contribution in [0.4, 0.5) is 0 Å². The van der Waals surface area contributed by atoms with E-state index in [9.17, 15) is 4.79 Å². The molecule has 2 aliphatic carbocycles. The van der Waals surface area contributed by atoms with Crippen LogP contribution in [0.2, 0.25) is 0 Å². The SMILES string of the molecule is CC1=CC2C(=C(C)C(=O)CC2C(C)C)CC1. The average Bonchev–Trinajstić information content (AvgIpc) is 2.22. The van der Waals surface area contributed by atoms with E-state index < -0.39 is 0 Å². The van der Waals surface area contributed by atoms with Gasteiger partial charge in [0.1, 0.15) is 0 Å².